The Morgan fingerprint density at radius 3 is 2.67 bits per heavy atom. The number of alkyl halides is 1. The van der Waals surface area contributed by atoms with Crippen molar-refractivity contribution in [2.45, 2.75) is 12.8 Å². The summed E-state index contributed by atoms with van der Waals surface area (Å²) >= 11 is 5.21. The molecule has 9 heavy (non-hydrogen) atoms. The Morgan fingerprint density at radius 1 is 1.78 bits per heavy atom. The van der Waals surface area contributed by atoms with E-state index in [9.17, 15) is 4.79 Å². The van der Waals surface area contributed by atoms with Crippen molar-refractivity contribution in [2.75, 3.05) is 6.07 Å². The normalized spacial score (nSPS) is 43.4. The van der Waals surface area contributed by atoms with Crippen LogP contribution in [0.4, 0.5) is 0 Å². The first kappa shape index (κ1) is 5.54. The SMILES string of the molecule is O=C(OCCl)C12CC1C2. The van der Waals surface area contributed by atoms with Gasteiger partial charge in [0.15, 0.2) is 6.07 Å². The molecule has 0 aromatic heterocycles. The lowest BCUT2D eigenvalue weighted by molar-refractivity contribution is -0.145. The van der Waals surface area contributed by atoms with Crippen LogP contribution in [0.15, 0.2) is 0 Å². The third-order valence-corrected chi connectivity index (χ3v) is 2.38. The number of hydrogen-bond acceptors (Lipinski definition) is 2. The molecular formula is C6H7ClO2. The van der Waals surface area contributed by atoms with Crippen molar-refractivity contribution in [2.24, 2.45) is 11.3 Å². The molecule has 2 aliphatic carbocycles. The molecule has 2 saturated carbocycles. The smallest absolute Gasteiger partial charge is 0.313 e. The lowest BCUT2D eigenvalue weighted by Crippen LogP contribution is -2.10. The fourth-order valence-electron chi connectivity index (χ4n) is 1.23. The van der Waals surface area contributed by atoms with Gasteiger partial charge in [-0.25, -0.2) is 0 Å². The van der Waals surface area contributed by atoms with Gasteiger partial charge in [-0.15, -0.1) is 0 Å². The van der Waals surface area contributed by atoms with E-state index < -0.39 is 0 Å². The van der Waals surface area contributed by atoms with Gasteiger partial charge in [0.05, 0.1) is 5.41 Å². The van der Waals surface area contributed by atoms with Crippen LogP contribution in [-0.4, -0.2) is 12.0 Å². The van der Waals surface area contributed by atoms with Crippen LogP contribution >= 0.6 is 11.6 Å². The number of fused-ring (bicyclic) bond motifs is 1. The van der Waals surface area contributed by atoms with Gasteiger partial charge < -0.3 is 4.74 Å². The van der Waals surface area contributed by atoms with Crippen molar-refractivity contribution >= 4 is 17.6 Å². The Bertz CT molecular complexity index is 160. The van der Waals surface area contributed by atoms with E-state index in [-0.39, 0.29) is 17.5 Å². The lowest BCUT2D eigenvalue weighted by atomic mass is 10.2. The molecule has 0 aromatic carbocycles. The highest BCUT2D eigenvalue weighted by Gasteiger charge is 2.75. The van der Waals surface area contributed by atoms with Gasteiger partial charge in [0.1, 0.15) is 0 Å². The van der Waals surface area contributed by atoms with Gasteiger partial charge in [0, 0.05) is 0 Å². The van der Waals surface area contributed by atoms with E-state index >= 15 is 0 Å². The maximum absolute atomic E-state index is 10.9. The maximum Gasteiger partial charge on any atom is 0.313 e. The van der Waals surface area contributed by atoms with Crippen molar-refractivity contribution in [3.05, 3.63) is 0 Å². The Kier molecular flexibility index (Phi) is 0.878. The van der Waals surface area contributed by atoms with E-state index in [0.717, 1.165) is 12.8 Å². The molecule has 0 atom stereocenters. The maximum atomic E-state index is 10.9. The van der Waals surface area contributed by atoms with E-state index in [1.54, 1.807) is 0 Å². The summed E-state index contributed by atoms with van der Waals surface area (Å²) in [6, 6.07) is 0.00725. The number of rotatable bonds is 2. The summed E-state index contributed by atoms with van der Waals surface area (Å²) in [6.07, 6.45) is 2.09. The van der Waals surface area contributed by atoms with Crippen LogP contribution in [0, 0.1) is 11.3 Å². The molecule has 0 aromatic rings. The third kappa shape index (κ3) is 0.597. The largest absolute Gasteiger partial charge is 0.449 e. The number of carbonyl (C=O) groups excluding carboxylic acids is 1. The monoisotopic (exact) mass is 146 g/mol. The second-order valence-corrected chi connectivity index (χ2v) is 3.02. The molecule has 2 nitrogen and oxygen atoms in total. The molecule has 2 aliphatic rings. The van der Waals surface area contributed by atoms with Crippen LogP contribution < -0.4 is 0 Å². The molecule has 0 radical (unpaired) electrons. The second kappa shape index (κ2) is 1.43. The molecule has 2 fully saturated rings. The minimum Gasteiger partial charge on any atom is -0.449 e. The van der Waals surface area contributed by atoms with Gasteiger partial charge in [-0.05, 0) is 18.8 Å². The fourth-order valence-corrected chi connectivity index (χ4v) is 1.33. The molecule has 0 heterocycles. The molecule has 0 N–H and O–H groups in total. The zero-order valence-electron chi connectivity index (χ0n) is 4.89. The van der Waals surface area contributed by atoms with Crippen LogP contribution in [0.25, 0.3) is 0 Å². The molecular weight excluding hydrogens is 140 g/mol. The average Bonchev–Trinajstić information content (AvgIpc) is 2.46. The molecule has 2 rings (SSSR count). The minimum atomic E-state index is -0.0810. The van der Waals surface area contributed by atoms with E-state index in [0.29, 0.717) is 5.92 Å². The Hall–Kier alpha value is -0.240. The molecule has 0 unspecified atom stereocenters. The zero-order chi connectivity index (χ0) is 6.48. The highest BCUT2D eigenvalue weighted by atomic mass is 35.5. The van der Waals surface area contributed by atoms with E-state index in [2.05, 4.69) is 4.74 Å². The predicted octanol–water partition coefficient (Wildman–Crippen LogP) is 1.14. The Balaban J connectivity index is 1.91. The van der Waals surface area contributed by atoms with Gasteiger partial charge in [-0.1, -0.05) is 11.6 Å². The minimum absolute atomic E-state index is 0.00725. The topological polar surface area (TPSA) is 26.3 Å². The molecule has 50 valence electrons. The second-order valence-electron chi connectivity index (χ2n) is 2.80. The van der Waals surface area contributed by atoms with Crippen molar-refractivity contribution in [1.29, 1.82) is 0 Å². The predicted molar refractivity (Wildman–Crippen MR) is 32.0 cm³/mol. The Labute approximate surface area is 58.1 Å². The number of halogens is 1. The van der Waals surface area contributed by atoms with Crippen molar-refractivity contribution in [3.8, 4) is 0 Å². The van der Waals surface area contributed by atoms with Crippen molar-refractivity contribution in [3.63, 3.8) is 0 Å². The standard InChI is InChI=1S/C6H7ClO2/c7-3-9-5(8)6-1-4(6)2-6/h4H,1-3H2. The molecule has 0 aliphatic heterocycles. The summed E-state index contributed by atoms with van der Waals surface area (Å²) in [4.78, 5) is 10.9. The number of esters is 1. The Morgan fingerprint density at radius 2 is 2.33 bits per heavy atom. The first-order valence-corrected chi connectivity index (χ1v) is 3.56. The van der Waals surface area contributed by atoms with Crippen LogP contribution in [-0.2, 0) is 9.53 Å². The van der Waals surface area contributed by atoms with Gasteiger partial charge >= 0.3 is 5.97 Å². The zero-order valence-corrected chi connectivity index (χ0v) is 5.65. The number of carbonyl (C=O) groups is 1. The first-order chi connectivity index (χ1) is 4.29. The van der Waals surface area contributed by atoms with Crippen molar-refractivity contribution in [1.82, 2.24) is 0 Å². The van der Waals surface area contributed by atoms with E-state index in [1.165, 1.54) is 0 Å². The van der Waals surface area contributed by atoms with Crippen LogP contribution in [0.3, 0.4) is 0 Å². The third-order valence-electron chi connectivity index (χ3n) is 2.27. The van der Waals surface area contributed by atoms with Crippen LogP contribution in [0.1, 0.15) is 12.8 Å². The highest BCUT2D eigenvalue weighted by molar-refractivity contribution is 6.17. The summed E-state index contributed by atoms with van der Waals surface area (Å²) in [5.41, 5.74) is -0.0190. The lowest BCUT2D eigenvalue weighted by Gasteiger charge is -1.99. The number of hydrogen-bond donors (Lipinski definition) is 0. The summed E-state index contributed by atoms with van der Waals surface area (Å²) in [7, 11) is 0. The molecule has 0 spiro atoms. The quantitative estimate of drug-likeness (QED) is 0.431. The summed E-state index contributed by atoms with van der Waals surface area (Å²) < 4.78 is 4.64. The van der Waals surface area contributed by atoms with Gasteiger partial charge in [0.2, 0.25) is 0 Å². The summed E-state index contributed by atoms with van der Waals surface area (Å²) in [5, 5.41) is 0. The number of ether oxygens (including phenoxy) is 1. The fraction of sp³-hybridized carbons (Fsp3) is 0.833. The van der Waals surface area contributed by atoms with Crippen molar-refractivity contribution < 1.29 is 9.53 Å². The van der Waals surface area contributed by atoms with Gasteiger partial charge in [-0.2, -0.15) is 0 Å². The highest BCUT2D eigenvalue weighted by Crippen LogP contribution is 2.75. The van der Waals surface area contributed by atoms with Crippen LogP contribution in [0.2, 0.25) is 0 Å². The molecule has 0 amide bonds. The molecule has 0 bridgehead atoms. The van der Waals surface area contributed by atoms with Gasteiger partial charge in [0.25, 0.3) is 0 Å². The van der Waals surface area contributed by atoms with E-state index in [1.807, 2.05) is 0 Å². The molecule has 0 saturated heterocycles. The summed E-state index contributed by atoms with van der Waals surface area (Å²) in [6.45, 7) is 0. The first-order valence-electron chi connectivity index (χ1n) is 3.03. The average molecular weight is 147 g/mol. The molecule has 3 heteroatoms. The van der Waals surface area contributed by atoms with Gasteiger partial charge in [-0.3, -0.25) is 4.79 Å². The summed E-state index contributed by atoms with van der Waals surface area (Å²) in [5.74, 6) is 0.579. The van der Waals surface area contributed by atoms with Crippen LogP contribution in [0.5, 0.6) is 0 Å². The van der Waals surface area contributed by atoms with E-state index in [4.69, 9.17) is 11.6 Å².